The summed E-state index contributed by atoms with van der Waals surface area (Å²) in [4.78, 5) is 17.8. The quantitative estimate of drug-likeness (QED) is 0.221. The van der Waals surface area contributed by atoms with Crippen molar-refractivity contribution in [2.45, 2.75) is 52.4 Å². The Bertz CT molecular complexity index is 1420. The van der Waals surface area contributed by atoms with E-state index in [4.69, 9.17) is 21.1 Å². The van der Waals surface area contributed by atoms with Gasteiger partial charge in [0.05, 0.1) is 28.4 Å². The van der Waals surface area contributed by atoms with E-state index < -0.39 is 17.3 Å². The van der Waals surface area contributed by atoms with Crippen LogP contribution in [0.4, 0.5) is 13.2 Å². The van der Waals surface area contributed by atoms with Crippen LogP contribution in [0, 0.1) is 6.92 Å². The van der Waals surface area contributed by atoms with Crippen molar-refractivity contribution in [1.29, 1.82) is 0 Å². The van der Waals surface area contributed by atoms with Crippen molar-refractivity contribution >= 4 is 39.8 Å². The molecule has 0 aliphatic heterocycles. The van der Waals surface area contributed by atoms with Crippen LogP contribution in [0.1, 0.15) is 36.9 Å². The second-order valence-electron chi connectivity index (χ2n) is 9.57. The van der Waals surface area contributed by atoms with Gasteiger partial charge in [-0.25, -0.2) is 4.98 Å². The molecule has 2 aromatic heterocycles. The first-order valence-corrected chi connectivity index (χ1v) is 12.8. The zero-order valence-corrected chi connectivity index (χ0v) is 22.4. The molecule has 0 spiro atoms. The topological polar surface area (TPSA) is 53.4 Å². The standard InChI is InChI=1S/C27H26ClF3N2O3S/c1-16-23(37-25(32-16)17-5-7-18(8-6-17)27(29,30)31)11-12-35-19-9-10-20-21(28)14-33(22(20)13-19)15-24(34)36-26(2,3)4/h5-10,13-14H,11-12,15H2,1-4H3. The van der Waals surface area contributed by atoms with Crippen molar-refractivity contribution in [3.63, 3.8) is 0 Å². The van der Waals surface area contributed by atoms with E-state index >= 15 is 0 Å². The van der Waals surface area contributed by atoms with E-state index in [-0.39, 0.29) is 12.5 Å². The number of nitrogens with zero attached hydrogens (tertiary/aromatic N) is 2. The number of benzene rings is 2. The molecule has 0 bridgehead atoms. The predicted octanol–water partition coefficient (Wildman–Crippen LogP) is 7.71. The summed E-state index contributed by atoms with van der Waals surface area (Å²) in [6.07, 6.45) is -2.09. The molecule has 5 nitrogen and oxygen atoms in total. The third-order valence-electron chi connectivity index (χ3n) is 5.47. The molecule has 0 N–H and O–H groups in total. The zero-order valence-electron chi connectivity index (χ0n) is 20.8. The number of thiazole rings is 1. The Morgan fingerprint density at radius 1 is 1.11 bits per heavy atom. The van der Waals surface area contributed by atoms with E-state index in [0.717, 1.165) is 33.6 Å². The Labute approximate surface area is 221 Å². The second kappa shape index (κ2) is 10.4. The molecule has 0 aliphatic carbocycles. The number of esters is 1. The summed E-state index contributed by atoms with van der Waals surface area (Å²) in [5, 5.41) is 2.00. The monoisotopic (exact) mass is 550 g/mol. The molecule has 0 amide bonds. The highest BCUT2D eigenvalue weighted by Crippen LogP contribution is 2.33. The molecule has 0 saturated carbocycles. The highest BCUT2D eigenvalue weighted by molar-refractivity contribution is 7.15. The molecule has 4 rings (SSSR count). The van der Waals surface area contributed by atoms with Gasteiger partial charge in [0.25, 0.3) is 0 Å². The fourth-order valence-electron chi connectivity index (χ4n) is 3.81. The van der Waals surface area contributed by atoms with Gasteiger partial charge >= 0.3 is 12.1 Å². The Kier molecular flexibility index (Phi) is 7.57. The van der Waals surface area contributed by atoms with Crippen molar-refractivity contribution in [1.82, 2.24) is 9.55 Å². The van der Waals surface area contributed by atoms with E-state index in [9.17, 15) is 18.0 Å². The molecule has 0 saturated heterocycles. The number of aromatic nitrogens is 2. The number of hydrogen-bond donors (Lipinski definition) is 0. The maximum Gasteiger partial charge on any atom is 0.416 e. The highest BCUT2D eigenvalue weighted by Gasteiger charge is 2.30. The lowest BCUT2D eigenvalue weighted by Gasteiger charge is -2.19. The first-order valence-electron chi connectivity index (χ1n) is 11.6. The van der Waals surface area contributed by atoms with Crippen LogP contribution in [0.5, 0.6) is 5.75 Å². The molecule has 10 heteroatoms. The molecular formula is C27H26ClF3N2O3S. The van der Waals surface area contributed by atoms with Crippen LogP contribution in [0.3, 0.4) is 0 Å². The van der Waals surface area contributed by atoms with Crippen LogP contribution in [-0.4, -0.2) is 27.7 Å². The number of hydrogen-bond acceptors (Lipinski definition) is 5. The lowest BCUT2D eigenvalue weighted by molar-refractivity contribution is -0.155. The maximum atomic E-state index is 12.8. The molecule has 0 radical (unpaired) electrons. The third kappa shape index (κ3) is 6.64. The van der Waals surface area contributed by atoms with Crippen LogP contribution < -0.4 is 4.74 Å². The van der Waals surface area contributed by atoms with Crippen molar-refractivity contribution in [2.75, 3.05) is 6.61 Å². The summed E-state index contributed by atoms with van der Waals surface area (Å²) >= 11 is 7.79. The number of carbonyl (C=O) groups is 1. The van der Waals surface area contributed by atoms with Crippen LogP contribution >= 0.6 is 22.9 Å². The first kappa shape index (κ1) is 27.0. The van der Waals surface area contributed by atoms with Gasteiger partial charge in [0.15, 0.2) is 0 Å². The summed E-state index contributed by atoms with van der Waals surface area (Å²) in [6, 6.07) is 10.5. The molecule has 0 atom stereocenters. The van der Waals surface area contributed by atoms with Gasteiger partial charge in [-0.2, -0.15) is 13.2 Å². The van der Waals surface area contributed by atoms with E-state index in [1.54, 1.807) is 10.8 Å². The first-order chi connectivity index (χ1) is 17.3. The molecule has 0 unspecified atom stereocenters. The van der Waals surface area contributed by atoms with Crippen LogP contribution in [0.2, 0.25) is 5.02 Å². The van der Waals surface area contributed by atoms with Gasteiger partial charge in [-0.15, -0.1) is 11.3 Å². The summed E-state index contributed by atoms with van der Waals surface area (Å²) in [7, 11) is 0. The number of aryl methyl sites for hydroxylation is 1. The maximum absolute atomic E-state index is 12.8. The molecule has 37 heavy (non-hydrogen) atoms. The molecular weight excluding hydrogens is 525 g/mol. The normalized spacial score (nSPS) is 12.2. The van der Waals surface area contributed by atoms with Gasteiger partial charge in [0.1, 0.15) is 22.9 Å². The molecule has 2 aromatic carbocycles. The molecule has 2 heterocycles. The Balaban J connectivity index is 1.43. The third-order valence-corrected chi connectivity index (χ3v) is 7.04. The van der Waals surface area contributed by atoms with Gasteiger partial charge in [-0.05, 0) is 52.0 Å². The van der Waals surface area contributed by atoms with Gasteiger partial charge in [-0.1, -0.05) is 23.7 Å². The van der Waals surface area contributed by atoms with E-state index in [1.165, 1.54) is 23.5 Å². The smallest absolute Gasteiger partial charge is 0.416 e. The molecule has 4 aromatic rings. The fraction of sp³-hybridized carbons (Fsp3) is 0.333. The predicted molar refractivity (Wildman–Crippen MR) is 139 cm³/mol. The highest BCUT2D eigenvalue weighted by atomic mass is 35.5. The van der Waals surface area contributed by atoms with Crippen molar-refractivity contribution < 1.29 is 27.4 Å². The number of fused-ring (bicyclic) bond motifs is 1. The van der Waals surface area contributed by atoms with E-state index in [1.807, 2.05) is 45.9 Å². The average Bonchev–Trinajstić information content (AvgIpc) is 3.31. The number of rotatable bonds is 7. The lowest BCUT2D eigenvalue weighted by Crippen LogP contribution is -2.26. The summed E-state index contributed by atoms with van der Waals surface area (Å²) in [5.41, 5.74) is 0.943. The van der Waals surface area contributed by atoms with Gasteiger partial charge in [-0.3, -0.25) is 4.79 Å². The number of ether oxygens (including phenoxy) is 2. The Hall–Kier alpha value is -3.04. The van der Waals surface area contributed by atoms with Crippen molar-refractivity contribution in [2.24, 2.45) is 0 Å². The van der Waals surface area contributed by atoms with Crippen LogP contribution in [0.25, 0.3) is 21.5 Å². The summed E-state index contributed by atoms with van der Waals surface area (Å²) in [5.74, 6) is 0.259. The van der Waals surface area contributed by atoms with Gasteiger partial charge in [0, 0.05) is 34.5 Å². The number of carbonyl (C=O) groups excluding carboxylic acids is 1. The lowest BCUT2D eigenvalue weighted by atomic mass is 10.1. The Morgan fingerprint density at radius 2 is 1.81 bits per heavy atom. The minimum absolute atomic E-state index is 0.0245. The number of alkyl halides is 3. The number of halogens is 4. The minimum Gasteiger partial charge on any atom is -0.493 e. The van der Waals surface area contributed by atoms with Crippen molar-refractivity contribution in [3.05, 3.63) is 69.8 Å². The Morgan fingerprint density at radius 3 is 2.46 bits per heavy atom. The summed E-state index contributed by atoms with van der Waals surface area (Å²) < 4.78 is 51.6. The van der Waals surface area contributed by atoms with Gasteiger partial charge in [0.2, 0.25) is 0 Å². The van der Waals surface area contributed by atoms with E-state index in [2.05, 4.69) is 4.98 Å². The van der Waals surface area contributed by atoms with E-state index in [0.29, 0.717) is 34.4 Å². The molecule has 196 valence electrons. The zero-order chi connectivity index (χ0) is 27.0. The molecule has 0 aliphatic rings. The average molecular weight is 551 g/mol. The second-order valence-corrected chi connectivity index (χ2v) is 11.1. The molecule has 0 fully saturated rings. The van der Waals surface area contributed by atoms with Gasteiger partial charge < -0.3 is 14.0 Å². The SMILES string of the molecule is Cc1nc(-c2ccc(C(F)(F)F)cc2)sc1CCOc1ccc2c(Cl)cn(CC(=O)OC(C)(C)C)c2c1. The summed E-state index contributed by atoms with van der Waals surface area (Å²) in [6.45, 7) is 7.72. The van der Waals surface area contributed by atoms with Crippen molar-refractivity contribution in [3.8, 4) is 16.3 Å². The van der Waals surface area contributed by atoms with Crippen LogP contribution in [0.15, 0.2) is 48.7 Å². The fourth-order valence-corrected chi connectivity index (χ4v) is 5.13. The van der Waals surface area contributed by atoms with Crippen LogP contribution in [-0.2, 0) is 28.7 Å². The largest absolute Gasteiger partial charge is 0.493 e. The minimum atomic E-state index is -4.37.